The fourth-order valence-electron chi connectivity index (χ4n) is 4.29. The van der Waals surface area contributed by atoms with Crippen LogP contribution in [-0.2, 0) is 13.0 Å². The van der Waals surface area contributed by atoms with Crippen LogP contribution in [0.3, 0.4) is 0 Å². The van der Waals surface area contributed by atoms with Crippen LogP contribution in [0.1, 0.15) is 61.0 Å². The molecule has 1 fully saturated rings. The van der Waals surface area contributed by atoms with Gasteiger partial charge < -0.3 is 19.0 Å². The predicted molar refractivity (Wildman–Crippen MR) is 119 cm³/mol. The van der Waals surface area contributed by atoms with E-state index in [0.717, 1.165) is 29.9 Å². The molecule has 0 spiro atoms. The highest BCUT2D eigenvalue weighted by Gasteiger charge is 2.43. The minimum atomic E-state index is -0.0951. The van der Waals surface area contributed by atoms with Gasteiger partial charge in [-0.05, 0) is 47.0 Å². The number of aromatic nitrogens is 4. The summed E-state index contributed by atoms with van der Waals surface area (Å²) >= 11 is 0. The summed E-state index contributed by atoms with van der Waals surface area (Å²) in [5, 5.41) is 0.683. The summed E-state index contributed by atoms with van der Waals surface area (Å²) in [6, 6.07) is 0. The van der Waals surface area contributed by atoms with Crippen LogP contribution in [-0.4, -0.2) is 56.0 Å². The Morgan fingerprint density at radius 1 is 1.22 bits per heavy atom. The van der Waals surface area contributed by atoms with Gasteiger partial charge in [0.25, 0.3) is 5.91 Å². The molecule has 9 nitrogen and oxygen atoms in total. The van der Waals surface area contributed by atoms with Crippen molar-refractivity contribution in [2.45, 2.75) is 65.1 Å². The quantitative estimate of drug-likeness (QED) is 0.601. The summed E-state index contributed by atoms with van der Waals surface area (Å²) in [6.07, 6.45) is 5.86. The van der Waals surface area contributed by atoms with E-state index in [1.54, 1.807) is 4.90 Å². The SMILES string of the molecule is Cc1oc2ncnc(N(C)C3(C)CC3)c2c1C(=O)N1CCc2c(ncnc2OC(C)C)C1. The Kier molecular flexibility index (Phi) is 4.79. The molecule has 0 atom stereocenters. The van der Waals surface area contributed by atoms with E-state index < -0.39 is 0 Å². The van der Waals surface area contributed by atoms with E-state index in [2.05, 4.69) is 31.8 Å². The van der Waals surface area contributed by atoms with Gasteiger partial charge in [0.15, 0.2) is 0 Å². The molecule has 0 aromatic carbocycles. The second kappa shape index (κ2) is 7.43. The maximum absolute atomic E-state index is 13.7. The predicted octanol–water partition coefficient (Wildman–Crippen LogP) is 3.30. The Hall–Kier alpha value is -3.23. The molecule has 0 radical (unpaired) electrons. The van der Waals surface area contributed by atoms with Gasteiger partial charge in [0, 0.05) is 24.7 Å². The van der Waals surface area contributed by atoms with Crippen LogP contribution in [0.5, 0.6) is 5.88 Å². The van der Waals surface area contributed by atoms with Crippen molar-refractivity contribution >= 4 is 22.8 Å². The molecule has 5 rings (SSSR count). The van der Waals surface area contributed by atoms with Crippen molar-refractivity contribution in [2.75, 3.05) is 18.5 Å². The van der Waals surface area contributed by atoms with Gasteiger partial charge in [-0.3, -0.25) is 4.79 Å². The van der Waals surface area contributed by atoms with Gasteiger partial charge in [0.05, 0.1) is 29.3 Å². The third-order valence-electron chi connectivity index (χ3n) is 6.56. The lowest BCUT2D eigenvalue weighted by Gasteiger charge is -2.29. The average molecular weight is 437 g/mol. The number of amides is 1. The highest BCUT2D eigenvalue weighted by atomic mass is 16.5. The fraction of sp³-hybridized carbons (Fsp3) is 0.522. The third-order valence-corrected chi connectivity index (χ3v) is 6.56. The number of rotatable bonds is 5. The van der Waals surface area contributed by atoms with Crippen LogP contribution in [0, 0.1) is 6.92 Å². The Labute approximate surface area is 186 Å². The highest BCUT2D eigenvalue weighted by molar-refractivity contribution is 6.10. The largest absolute Gasteiger partial charge is 0.475 e. The van der Waals surface area contributed by atoms with Gasteiger partial charge in [-0.25, -0.2) is 19.9 Å². The van der Waals surface area contributed by atoms with E-state index in [9.17, 15) is 4.79 Å². The van der Waals surface area contributed by atoms with Crippen LogP contribution in [0.25, 0.3) is 11.1 Å². The van der Waals surface area contributed by atoms with Gasteiger partial charge in [-0.15, -0.1) is 0 Å². The minimum absolute atomic E-state index is 0.0253. The van der Waals surface area contributed by atoms with Crippen molar-refractivity contribution in [1.82, 2.24) is 24.8 Å². The van der Waals surface area contributed by atoms with Crippen LogP contribution in [0.15, 0.2) is 17.1 Å². The van der Waals surface area contributed by atoms with Crippen LogP contribution >= 0.6 is 0 Å². The minimum Gasteiger partial charge on any atom is -0.475 e. The molecule has 1 aliphatic carbocycles. The van der Waals surface area contributed by atoms with Gasteiger partial charge >= 0.3 is 0 Å². The molecule has 1 amide bonds. The normalized spacial score (nSPS) is 16.9. The van der Waals surface area contributed by atoms with Gasteiger partial charge in [0.1, 0.15) is 24.2 Å². The standard InChI is InChI=1S/C23H28N6O3/c1-13(2)31-20-15-6-9-29(10-16(15)24-11-26-20)22(30)17-14(3)32-21-18(17)19(25-12-27-21)28(5)23(4)7-8-23/h11-13H,6-10H2,1-5H3. The lowest BCUT2D eigenvalue weighted by molar-refractivity contribution is 0.0729. The van der Waals surface area contributed by atoms with E-state index in [4.69, 9.17) is 9.15 Å². The van der Waals surface area contributed by atoms with Gasteiger partial charge in [-0.1, -0.05) is 0 Å². The molecule has 1 saturated carbocycles. The lowest BCUT2D eigenvalue weighted by atomic mass is 10.0. The summed E-state index contributed by atoms with van der Waals surface area (Å²) in [7, 11) is 2.02. The molecule has 1 aliphatic heterocycles. The number of carbonyl (C=O) groups is 1. The van der Waals surface area contributed by atoms with E-state index in [0.29, 0.717) is 47.8 Å². The maximum Gasteiger partial charge on any atom is 0.258 e. The van der Waals surface area contributed by atoms with Crippen LogP contribution in [0.4, 0.5) is 5.82 Å². The molecule has 0 N–H and O–H groups in total. The molecule has 3 aromatic heterocycles. The number of carbonyl (C=O) groups excluding carboxylic acids is 1. The molecule has 9 heteroatoms. The zero-order valence-corrected chi connectivity index (χ0v) is 19.2. The third kappa shape index (κ3) is 3.36. The van der Waals surface area contributed by atoms with E-state index in [1.165, 1.54) is 12.7 Å². The van der Waals surface area contributed by atoms with Crippen LogP contribution in [0.2, 0.25) is 0 Å². The molecule has 4 heterocycles. The smallest absolute Gasteiger partial charge is 0.258 e. The number of aryl methyl sites for hydroxylation is 1. The fourth-order valence-corrected chi connectivity index (χ4v) is 4.29. The number of hydrogen-bond acceptors (Lipinski definition) is 8. The first kappa shape index (κ1) is 20.7. The summed E-state index contributed by atoms with van der Waals surface area (Å²) in [6.45, 7) is 8.90. The molecule has 0 unspecified atom stereocenters. The zero-order chi connectivity index (χ0) is 22.6. The second-order valence-corrected chi connectivity index (χ2v) is 9.21. The molecule has 3 aromatic rings. The van der Waals surface area contributed by atoms with Crippen molar-refractivity contribution in [3.8, 4) is 5.88 Å². The first-order valence-electron chi connectivity index (χ1n) is 11.0. The van der Waals surface area contributed by atoms with Crippen molar-refractivity contribution < 1.29 is 13.9 Å². The maximum atomic E-state index is 13.7. The molecule has 0 saturated heterocycles. The topological polar surface area (TPSA) is 97.5 Å². The van der Waals surface area contributed by atoms with Gasteiger partial charge in [0.2, 0.25) is 11.6 Å². The Morgan fingerprint density at radius 3 is 2.69 bits per heavy atom. The van der Waals surface area contributed by atoms with E-state index in [1.807, 2.05) is 27.8 Å². The molecule has 0 bridgehead atoms. The monoisotopic (exact) mass is 436 g/mol. The molecule has 168 valence electrons. The van der Waals surface area contributed by atoms with Gasteiger partial charge in [-0.2, -0.15) is 0 Å². The molecular formula is C23H28N6O3. The first-order chi connectivity index (χ1) is 15.3. The Balaban J connectivity index is 1.51. The number of anilines is 1. The van der Waals surface area contributed by atoms with Crippen molar-refractivity contribution in [3.05, 3.63) is 35.2 Å². The summed E-state index contributed by atoms with van der Waals surface area (Å²) in [5.74, 6) is 1.81. The first-order valence-corrected chi connectivity index (χ1v) is 11.0. The molecule has 32 heavy (non-hydrogen) atoms. The Bertz CT molecular complexity index is 1200. The van der Waals surface area contributed by atoms with E-state index in [-0.39, 0.29) is 17.6 Å². The van der Waals surface area contributed by atoms with Crippen molar-refractivity contribution in [3.63, 3.8) is 0 Å². The highest BCUT2D eigenvalue weighted by Crippen LogP contribution is 2.44. The van der Waals surface area contributed by atoms with Crippen molar-refractivity contribution in [1.29, 1.82) is 0 Å². The van der Waals surface area contributed by atoms with E-state index >= 15 is 0 Å². The average Bonchev–Trinajstić information content (AvgIpc) is 3.42. The molecule has 2 aliphatic rings. The number of fused-ring (bicyclic) bond motifs is 2. The van der Waals surface area contributed by atoms with Crippen molar-refractivity contribution in [2.24, 2.45) is 0 Å². The zero-order valence-electron chi connectivity index (χ0n) is 19.2. The summed E-state index contributed by atoms with van der Waals surface area (Å²) in [5.41, 5.74) is 2.83. The van der Waals surface area contributed by atoms with Crippen LogP contribution < -0.4 is 9.64 Å². The number of ether oxygens (including phenoxy) is 1. The second-order valence-electron chi connectivity index (χ2n) is 9.21. The summed E-state index contributed by atoms with van der Waals surface area (Å²) in [4.78, 5) is 35.2. The lowest BCUT2D eigenvalue weighted by Crippen LogP contribution is -2.37. The molecular weight excluding hydrogens is 408 g/mol. The Morgan fingerprint density at radius 2 is 1.97 bits per heavy atom. The number of hydrogen-bond donors (Lipinski definition) is 0. The number of nitrogens with zero attached hydrogens (tertiary/aromatic N) is 6. The number of furan rings is 1. The summed E-state index contributed by atoms with van der Waals surface area (Å²) < 4.78 is 11.7.